The summed E-state index contributed by atoms with van der Waals surface area (Å²) < 4.78 is 10.8. The van der Waals surface area contributed by atoms with Gasteiger partial charge < -0.3 is 20.1 Å². The first-order chi connectivity index (χ1) is 8.66. The minimum Gasteiger partial charge on any atom is -0.469 e. The lowest BCUT2D eigenvalue weighted by molar-refractivity contribution is -0.155. The van der Waals surface area contributed by atoms with Gasteiger partial charge in [-0.15, -0.1) is 0 Å². The summed E-state index contributed by atoms with van der Waals surface area (Å²) >= 11 is 0. The predicted octanol–water partition coefficient (Wildman–Crippen LogP) is 0.130. The molecule has 5 heteroatoms. The number of likely N-dealkylation sites (tertiary alicyclic amines) is 1. The number of carbonyl (C=O) groups is 1. The molecule has 1 spiro atoms. The van der Waals surface area contributed by atoms with Crippen LogP contribution in [0.1, 0.15) is 25.7 Å². The normalized spacial score (nSPS) is 35.9. The van der Waals surface area contributed by atoms with E-state index in [1.54, 1.807) is 0 Å². The monoisotopic (exact) mass is 254 g/mol. The van der Waals surface area contributed by atoms with Crippen molar-refractivity contribution in [2.75, 3.05) is 26.8 Å². The van der Waals surface area contributed by atoms with Crippen LogP contribution in [-0.2, 0) is 14.3 Å². The van der Waals surface area contributed by atoms with Crippen molar-refractivity contribution in [2.45, 2.75) is 43.4 Å². The van der Waals surface area contributed by atoms with Gasteiger partial charge in [-0.3, -0.25) is 4.79 Å². The Morgan fingerprint density at radius 3 is 2.61 bits per heavy atom. The second-order valence-corrected chi connectivity index (χ2v) is 5.81. The molecule has 0 aromatic heterocycles. The molecule has 2 heterocycles. The molecule has 0 amide bonds. The molecule has 0 aromatic carbocycles. The number of hydrogen-bond acceptors (Lipinski definition) is 5. The Balaban J connectivity index is 1.71. The van der Waals surface area contributed by atoms with Crippen molar-refractivity contribution >= 4 is 5.97 Å². The molecule has 1 saturated carbocycles. The maximum absolute atomic E-state index is 11.9. The number of methoxy groups -OCH3 is 1. The van der Waals surface area contributed by atoms with Crippen LogP contribution < -0.4 is 5.73 Å². The van der Waals surface area contributed by atoms with Crippen molar-refractivity contribution in [3.63, 3.8) is 0 Å². The molecule has 2 N–H and O–H groups in total. The molecular formula is C13H22N2O3. The highest BCUT2D eigenvalue weighted by Crippen LogP contribution is 2.42. The third kappa shape index (κ3) is 1.94. The van der Waals surface area contributed by atoms with E-state index in [1.165, 1.54) is 20.0 Å². The van der Waals surface area contributed by atoms with E-state index in [-0.39, 0.29) is 23.5 Å². The van der Waals surface area contributed by atoms with E-state index in [0.29, 0.717) is 6.61 Å². The van der Waals surface area contributed by atoms with Crippen molar-refractivity contribution in [1.82, 2.24) is 4.90 Å². The summed E-state index contributed by atoms with van der Waals surface area (Å²) in [6.45, 7) is 2.51. The third-order valence-corrected chi connectivity index (χ3v) is 4.72. The van der Waals surface area contributed by atoms with Gasteiger partial charge in [0.15, 0.2) is 0 Å². The molecule has 0 bridgehead atoms. The molecule has 2 saturated heterocycles. The van der Waals surface area contributed by atoms with Crippen LogP contribution in [-0.4, -0.2) is 55.4 Å². The van der Waals surface area contributed by atoms with Gasteiger partial charge in [0.2, 0.25) is 0 Å². The molecule has 2 aliphatic heterocycles. The van der Waals surface area contributed by atoms with Crippen molar-refractivity contribution in [3.8, 4) is 0 Å². The second kappa shape index (κ2) is 4.47. The summed E-state index contributed by atoms with van der Waals surface area (Å²) in [5, 5.41) is 0. The van der Waals surface area contributed by atoms with Crippen LogP contribution in [0.15, 0.2) is 0 Å². The zero-order chi connectivity index (χ0) is 12.8. The van der Waals surface area contributed by atoms with Gasteiger partial charge in [0.05, 0.1) is 19.3 Å². The highest BCUT2D eigenvalue weighted by molar-refractivity contribution is 5.75. The van der Waals surface area contributed by atoms with Gasteiger partial charge in [-0.25, -0.2) is 0 Å². The molecule has 2 unspecified atom stereocenters. The topological polar surface area (TPSA) is 64.8 Å². The largest absolute Gasteiger partial charge is 0.469 e. The first-order valence-electron chi connectivity index (χ1n) is 6.88. The lowest BCUT2D eigenvalue weighted by atomic mass is 9.78. The predicted molar refractivity (Wildman–Crippen MR) is 66.0 cm³/mol. The molecule has 3 aliphatic rings. The molecular weight excluding hydrogens is 232 g/mol. The van der Waals surface area contributed by atoms with Gasteiger partial charge in [-0.1, -0.05) is 0 Å². The Kier molecular flexibility index (Phi) is 3.08. The Labute approximate surface area is 108 Å². The van der Waals surface area contributed by atoms with Gasteiger partial charge in [0, 0.05) is 25.2 Å². The molecule has 102 valence electrons. The maximum Gasteiger partial charge on any atom is 0.313 e. The fourth-order valence-electron chi connectivity index (χ4n) is 3.52. The van der Waals surface area contributed by atoms with E-state index < -0.39 is 0 Å². The van der Waals surface area contributed by atoms with Gasteiger partial charge in [-0.05, 0) is 25.7 Å². The summed E-state index contributed by atoms with van der Waals surface area (Å²) in [4.78, 5) is 14.5. The van der Waals surface area contributed by atoms with E-state index in [0.717, 1.165) is 32.0 Å². The van der Waals surface area contributed by atoms with Crippen molar-refractivity contribution < 1.29 is 14.3 Å². The zero-order valence-electron chi connectivity index (χ0n) is 10.9. The number of nitrogens with two attached hydrogens (primary N) is 1. The van der Waals surface area contributed by atoms with Gasteiger partial charge in [0.25, 0.3) is 0 Å². The summed E-state index contributed by atoms with van der Waals surface area (Å²) in [7, 11) is 1.43. The maximum atomic E-state index is 11.9. The SMILES string of the molecule is COC(=O)C1C(N)COC12CCN(C1CC1)CC2. The fourth-order valence-corrected chi connectivity index (χ4v) is 3.52. The van der Waals surface area contributed by atoms with Crippen molar-refractivity contribution in [1.29, 1.82) is 0 Å². The fraction of sp³-hybridized carbons (Fsp3) is 0.923. The van der Waals surface area contributed by atoms with Crippen LogP contribution in [0.5, 0.6) is 0 Å². The molecule has 2 atom stereocenters. The highest BCUT2D eigenvalue weighted by atomic mass is 16.5. The minimum atomic E-state index is -0.363. The van der Waals surface area contributed by atoms with E-state index in [9.17, 15) is 4.79 Å². The molecule has 3 rings (SSSR count). The van der Waals surface area contributed by atoms with E-state index in [1.807, 2.05) is 0 Å². The smallest absolute Gasteiger partial charge is 0.313 e. The highest BCUT2D eigenvalue weighted by Gasteiger charge is 2.54. The first-order valence-corrected chi connectivity index (χ1v) is 6.88. The summed E-state index contributed by atoms with van der Waals surface area (Å²) in [6, 6.07) is 0.568. The minimum absolute atomic E-state index is 0.208. The van der Waals surface area contributed by atoms with Crippen molar-refractivity contribution in [2.24, 2.45) is 11.7 Å². The summed E-state index contributed by atoms with van der Waals surface area (Å²) in [5.41, 5.74) is 5.67. The van der Waals surface area contributed by atoms with Crippen LogP contribution in [0.3, 0.4) is 0 Å². The Morgan fingerprint density at radius 1 is 1.39 bits per heavy atom. The Hall–Kier alpha value is -0.650. The second-order valence-electron chi connectivity index (χ2n) is 5.81. The molecule has 1 aliphatic carbocycles. The number of carbonyl (C=O) groups excluding carboxylic acids is 1. The van der Waals surface area contributed by atoms with Crippen molar-refractivity contribution in [3.05, 3.63) is 0 Å². The quantitative estimate of drug-likeness (QED) is 0.710. The summed E-state index contributed by atoms with van der Waals surface area (Å²) in [5.74, 6) is -0.497. The molecule has 18 heavy (non-hydrogen) atoms. The number of esters is 1. The summed E-state index contributed by atoms with van der Waals surface area (Å²) in [6.07, 6.45) is 4.45. The number of nitrogens with zero attached hydrogens (tertiary/aromatic N) is 1. The lowest BCUT2D eigenvalue weighted by Gasteiger charge is -2.41. The zero-order valence-corrected chi connectivity index (χ0v) is 10.9. The van der Waals surface area contributed by atoms with Crippen LogP contribution in [0.4, 0.5) is 0 Å². The average Bonchev–Trinajstić information content (AvgIpc) is 3.17. The van der Waals surface area contributed by atoms with E-state index in [2.05, 4.69) is 4.90 Å². The van der Waals surface area contributed by atoms with Gasteiger partial charge in [-0.2, -0.15) is 0 Å². The average molecular weight is 254 g/mol. The van der Waals surface area contributed by atoms with E-state index in [4.69, 9.17) is 15.2 Å². The standard InChI is InChI=1S/C13H22N2O3/c1-17-12(16)11-10(14)8-18-13(11)4-6-15(7-5-13)9-2-3-9/h9-11H,2-8,14H2,1H3. The Bertz CT molecular complexity index is 335. The van der Waals surface area contributed by atoms with Crippen LogP contribution in [0.2, 0.25) is 0 Å². The number of piperidine rings is 1. The molecule has 5 nitrogen and oxygen atoms in total. The third-order valence-electron chi connectivity index (χ3n) is 4.72. The molecule has 0 radical (unpaired) electrons. The first kappa shape index (κ1) is 12.4. The lowest BCUT2D eigenvalue weighted by Crippen LogP contribution is -2.53. The van der Waals surface area contributed by atoms with Crippen LogP contribution in [0.25, 0.3) is 0 Å². The Morgan fingerprint density at radius 2 is 2.06 bits per heavy atom. The number of hydrogen-bond donors (Lipinski definition) is 1. The van der Waals surface area contributed by atoms with Gasteiger partial charge >= 0.3 is 5.97 Å². The van der Waals surface area contributed by atoms with Gasteiger partial charge in [0.1, 0.15) is 5.92 Å². The number of rotatable bonds is 2. The number of ether oxygens (including phenoxy) is 2. The van der Waals surface area contributed by atoms with E-state index >= 15 is 0 Å². The van der Waals surface area contributed by atoms with Crippen LogP contribution >= 0.6 is 0 Å². The molecule has 0 aromatic rings. The molecule has 3 fully saturated rings. The van der Waals surface area contributed by atoms with Crippen LogP contribution in [0, 0.1) is 5.92 Å².